The third-order valence-corrected chi connectivity index (χ3v) is 7.02. The Bertz CT molecular complexity index is 1210. The van der Waals surface area contributed by atoms with Crippen molar-refractivity contribution in [2.75, 3.05) is 5.32 Å². The molecule has 1 aliphatic rings. The van der Waals surface area contributed by atoms with Gasteiger partial charge in [0, 0.05) is 24.7 Å². The molecule has 2 aromatic heterocycles. The van der Waals surface area contributed by atoms with Crippen LogP contribution >= 0.6 is 11.3 Å². The Morgan fingerprint density at radius 3 is 2.36 bits per heavy atom. The number of ether oxygens (including phenoxy) is 1. The van der Waals surface area contributed by atoms with Crippen molar-refractivity contribution in [2.24, 2.45) is 5.73 Å². The molecule has 4 amide bonds. The summed E-state index contributed by atoms with van der Waals surface area (Å²) in [6, 6.07) is 13.4. The van der Waals surface area contributed by atoms with Crippen molar-refractivity contribution in [1.82, 2.24) is 20.6 Å². The summed E-state index contributed by atoms with van der Waals surface area (Å²) in [5, 5.41) is 16.9. The average Bonchev–Trinajstić information content (AvgIpc) is 3.39. The Kier molecular flexibility index (Phi) is 11.0. The smallest absolute Gasteiger partial charge is 0.407 e. The normalized spacial score (nSPS) is 16.4. The number of thiazole rings is 1. The van der Waals surface area contributed by atoms with Crippen molar-refractivity contribution in [1.29, 1.82) is 0 Å². The topological polar surface area (TPSA) is 169 Å². The van der Waals surface area contributed by atoms with Crippen LogP contribution < -0.4 is 21.7 Å². The highest BCUT2D eigenvalue weighted by atomic mass is 32.1. The molecule has 0 radical (unpaired) electrons. The Labute approximate surface area is 231 Å². The zero-order valence-electron chi connectivity index (χ0n) is 21.9. The average molecular weight is 555 g/mol. The van der Waals surface area contributed by atoms with E-state index in [1.54, 1.807) is 17.5 Å². The second-order valence-electron chi connectivity index (χ2n) is 9.27. The highest BCUT2D eigenvalue weighted by Crippen LogP contribution is 2.37. The van der Waals surface area contributed by atoms with E-state index in [0.29, 0.717) is 18.2 Å². The number of pyridine rings is 1. The molecule has 39 heavy (non-hydrogen) atoms. The zero-order valence-corrected chi connectivity index (χ0v) is 22.7. The lowest BCUT2D eigenvalue weighted by atomic mass is 9.86. The number of nitrogens with zero attached hydrogens (tertiary/aromatic N) is 2. The minimum Gasteiger partial charge on any atom is -0.465 e. The molecule has 0 saturated heterocycles. The summed E-state index contributed by atoms with van der Waals surface area (Å²) < 4.78 is 5.18. The number of urea groups is 1. The van der Waals surface area contributed by atoms with Gasteiger partial charge in [0.1, 0.15) is 0 Å². The molecule has 12 heteroatoms. The van der Waals surface area contributed by atoms with Crippen LogP contribution in [0.5, 0.6) is 0 Å². The van der Waals surface area contributed by atoms with Crippen LogP contribution in [0.4, 0.5) is 20.1 Å². The van der Waals surface area contributed by atoms with E-state index in [2.05, 4.69) is 31.7 Å². The summed E-state index contributed by atoms with van der Waals surface area (Å²) >= 11 is 1.66. The molecule has 2 heterocycles. The fourth-order valence-electron chi connectivity index (χ4n) is 4.06. The highest BCUT2D eigenvalue weighted by Gasteiger charge is 2.26. The van der Waals surface area contributed by atoms with Crippen molar-refractivity contribution in [3.63, 3.8) is 0 Å². The number of anilines is 1. The fourth-order valence-corrected chi connectivity index (χ4v) is 5.13. The molecule has 208 valence electrons. The molecule has 1 aromatic carbocycles. The van der Waals surface area contributed by atoms with E-state index in [4.69, 9.17) is 14.6 Å². The number of alkyl carbamates (subject to hydrolysis) is 1. The second-order valence-corrected chi connectivity index (χ2v) is 10.3. The number of aromatic nitrogens is 2. The lowest BCUT2D eigenvalue weighted by Crippen LogP contribution is -2.38. The Morgan fingerprint density at radius 2 is 1.74 bits per heavy atom. The molecule has 3 aromatic rings. The number of primary amides is 1. The van der Waals surface area contributed by atoms with Gasteiger partial charge in [0.05, 0.1) is 33.6 Å². The highest BCUT2D eigenvalue weighted by molar-refractivity contribution is 7.15. The minimum absolute atomic E-state index is 0.115. The molecule has 4 rings (SSSR count). The van der Waals surface area contributed by atoms with Crippen molar-refractivity contribution >= 4 is 35.2 Å². The van der Waals surface area contributed by atoms with Gasteiger partial charge in [-0.25, -0.2) is 19.4 Å². The molecule has 0 spiro atoms. The quantitative estimate of drug-likeness (QED) is 0.263. The maximum absolute atomic E-state index is 12.2. The number of carbonyl (C=O) groups excluding carboxylic acids is 2. The number of benzene rings is 1. The van der Waals surface area contributed by atoms with Crippen LogP contribution in [0, 0.1) is 0 Å². The van der Waals surface area contributed by atoms with E-state index in [1.807, 2.05) is 62.5 Å². The predicted octanol–water partition coefficient (Wildman–Crippen LogP) is 5.31. The van der Waals surface area contributed by atoms with Gasteiger partial charge < -0.3 is 31.5 Å². The fraction of sp³-hybridized carbons (Fsp3) is 0.370. The van der Waals surface area contributed by atoms with Gasteiger partial charge in [-0.15, -0.1) is 11.3 Å². The number of hydrogen-bond donors (Lipinski definition) is 5. The minimum atomic E-state index is -1.33. The first-order valence-electron chi connectivity index (χ1n) is 12.7. The summed E-state index contributed by atoms with van der Waals surface area (Å²) in [5.41, 5.74) is 6.53. The van der Waals surface area contributed by atoms with E-state index >= 15 is 0 Å². The van der Waals surface area contributed by atoms with Crippen LogP contribution in [-0.2, 0) is 11.3 Å². The molecule has 0 aliphatic heterocycles. The molecule has 0 bridgehead atoms. The van der Waals surface area contributed by atoms with Crippen molar-refractivity contribution in [3.05, 3.63) is 65.4 Å². The number of nitrogens with two attached hydrogens (primary N) is 1. The first-order chi connectivity index (χ1) is 18.7. The summed E-state index contributed by atoms with van der Waals surface area (Å²) in [4.78, 5) is 42.9. The van der Waals surface area contributed by atoms with Gasteiger partial charge >= 0.3 is 18.2 Å². The van der Waals surface area contributed by atoms with Gasteiger partial charge in [0.15, 0.2) is 0 Å². The van der Waals surface area contributed by atoms with Gasteiger partial charge in [-0.3, -0.25) is 4.98 Å². The van der Waals surface area contributed by atoms with Crippen molar-refractivity contribution in [2.45, 2.75) is 64.1 Å². The van der Waals surface area contributed by atoms with Crippen LogP contribution in [0.3, 0.4) is 0 Å². The number of rotatable bonds is 7. The van der Waals surface area contributed by atoms with Gasteiger partial charge in [-0.1, -0.05) is 30.3 Å². The third-order valence-electron chi connectivity index (χ3n) is 5.83. The van der Waals surface area contributed by atoms with Gasteiger partial charge in [0.25, 0.3) is 0 Å². The molecule has 1 fully saturated rings. The lowest BCUT2D eigenvalue weighted by Gasteiger charge is -2.28. The lowest BCUT2D eigenvalue weighted by molar-refractivity contribution is 0.109. The van der Waals surface area contributed by atoms with Gasteiger partial charge in [0.2, 0.25) is 0 Å². The Morgan fingerprint density at radius 1 is 1.05 bits per heavy atom. The molecule has 11 nitrogen and oxygen atoms in total. The van der Waals surface area contributed by atoms with Crippen molar-refractivity contribution in [3.8, 4) is 10.6 Å². The van der Waals surface area contributed by atoms with E-state index in [9.17, 15) is 9.59 Å². The summed E-state index contributed by atoms with van der Waals surface area (Å²) in [6.07, 6.45) is 5.53. The molecule has 0 unspecified atom stereocenters. The standard InChI is InChI=1S/C26H31N5O3S.CH3NO2/c1-17(2)34-26(33)31-20-10-8-19(9-11-20)24-28-16-23(35-24)22-13-12-21(15-27-22)30-25(32)29-14-18-6-4-3-5-7-18;2-1(3)4/h3-7,12-13,15-17,19-20H,8-11,14H2,1-2H3,(H,31,33)(H2,29,30,32);2H2,(H,3,4)/t19-,20-;. The predicted molar refractivity (Wildman–Crippen MR) is 150 cm³/mol. The first kappa shape index (κ1) is 29.4. The summed E-state index contributed by atoms with van der Waals surface area (Å²) in [5.74, 6) is 0.391. The Hall–Kier alpha value is -4.19. The second kappa shape index (κ2) is 14.7. The van der Waals surface area contributed by atoms with E-state index in [-0.39, 0.29) is 24.3 Å². The van der Waals surface area contributed by atoms with Gasteiger partial charge in [-0.2, -0.15) is 0 Å². The van der Waals surface area contributed by atoms with Crippen LogP contribution in [0.25, 0.3) is 10.6 Å². The molecule has 6 N–H and O–H groups in total. The van der Waals surface area contributed by atoms with Gasteiger partial charge in [-0.05, 0) is 57.2 Å². The Balaban J connectivity index is 0.000000983. The van der Waals surface area contributed by atoms with Crippen LogP contribution in [0.15, 0.2) is 54.9 Å². The maximum atomic E-state index is 12.2. The summed E-state index contributed by atoms with van der Waals surface area (Å²) in [7, 11) is 0. The number of hydrogen-bond acceptors (Lipinski definition) is 7. The maximum Gasteiger partial charge on any atom is 0.407 e. The third kappa shape index (κ3) is 10.2. The van der Waals surface area contributed by atoms with Crippen LogP contribution in [0.1, 0.15) is 56.0 Å². The first-order valence-corrected chi connectivity index (χ1v) is 13.5. The number of carbonyl (C=O) groups is 3. The number of amides is 4. The number of carboxylic acid groups (broad SMARTS) is 1. The molecule has 1 saturated carbocycles. The zero-order chi connectivity index (χ0) is 28.2. The molecular weight excluding hydrogens is 520 g/mol. The molecular formula is C27H34N6O5S. The van der Waals surface area contributed by atoms with Crippen LogP contribution in [-0.4, -0.2) is 45.4 Å². The molecule has 0 atom stereocenters. The largest absolute Gasteiger partial charge is 0.465 e. The van der Waals surface area contributed by atoms with Crippen molar-refractivity contribution < 1.29 is 24.2 Å². The molecule has 1 aliphatic carbocycles. The number of nitrogens with one attached hydrogen (secondary N) is 3. The van der Waals surface area contributed by atoms with E-state index in [0.717, 1.165) is 46.8 Å². The van der Waals surface area contributed by atoms with E-state index < -0.39 is 6.09 Å². The van der Waals surface area contributed by atoms with E-state index in [1.165, 1.54) is 0 Å². The van der Waals surface area contributed by atoms with Crippen LogP contribution in [0.2, 0.25) is 0 Å². The monoisotopic (exact) mass is 554 g/mol. The SMILES string of the molecule is CC(C)OC(=O)N[C@H]1CC[C@H](c2ncc(-c3ccc(NC(=O)NCc4ccccc4)cn3)s2)CC1.NC(=O)O. The summed E-state index contributed by atoms with van der Waals surface area (Å²) in [6.45, 7) is 4.15.